The fourth-order valence-corrected chi connectivity index (χ4v) is 2.67. The number of nitrogens with one attached hydrogen (secondary N) is 1. The van der Waals surface area contributed by atoms with Crippen molar-refractivity contribution in [3.8, 4) is 0 Å². The van der Waals surface area contributed by atoms with E-state index in [-0.39, 0.29) is 5.91 Å². The van der Waals surface area contributed by atoms with Gasteiger partial charge in [-0.05, 0) is 12.8 Å². The van der Waals surface area contributed by atoms with Gasteiger partial charge < -0.3 is 5.32 Å². The molecule has 1 radical (unpaired) electrons. The molecule has 0 rings (SSSR count). The number of hydrogen-bond donors (Lipinski definition) is 1. The van der Waals surface area contributed by atoms with Crippen molar-refractivity contribution in [3.05, 3.63) is 12.3 Å². The monoisotopic (exact) mass is 308 g/mol. The van der Waals surface area contributed by atoms with Crippen molar-refractivity contribution in [2.45, 2.75) is 110 Å². The molecule has 0 aliphatic rings. The number of amides is 1. The van der Waals surface area contributed by atoms with E-state index in [1.54, 1.807) is 0 Å². The minimum Gasteiger partial charge on any atom is -0.325 e. The standard InChI is InChI=1S/C20H38NO/c1-3-4-5-6-7-8-9-10-11-12-13-14-15-16-17-18-19-21-20(2)22/h18H,3-17H2,1-2H3,(H,21,22). The SMILES string of the molecule is CCCCCCCCCCCCCCCC/C=[C]\NC(C)=O. The molecule has 0 unspecified atom stereocenters. The number of allylic oxidation sites excluding steroid dienone is 1. The molecular weight excluding hydrogens is 270 g/mol. The van der Waals surface area contributed by atoms with E-state index < -0.39 is 0 Å². The molecule has 0 atom stereocenters. The molecule has 129 valence electrons. The van der Waals surface area contributed by atoms with E-state index in [0.29, 0.717) is 0 Å². The molecule has 2 heteroatoms. The molecule has 0 saturated heterocycles. The van der Waals surface area contributed by atoms with Crippen LogP contribution in [0.5, 0.6) is 0 Å². The summed E-state index contributed by atoms with van der Waals surface area (Å²) in [6, 6.07) is 0. The van der Waals surface area contributed by atoms with Gasteiger partial charge >= 0.3 is 0 Å². The molecule has 0 aliphatic heterocycles. The number of rotatable bonds is 16. The van der Waals surface area contributed by atoms with Crippen LogP contribution in [0, 0.1) is 6.20 Å². The van der Waals surface area contributed by atoms with Crippen LogP contribution in [0.1, 0.15) is 110 Å². The summed E-state index contributed by atoms with van der Waals surface area (Å²) in [7, 11) is 0. The normalized spacial score (nSPS) is 11.2. The number of hydrogen-bond acceptors (Lipinski definition) is 1. The topological polar surface area (TPSA) is 29.1 Å². The van der Waals surface area contributed by atoms with Crippen molar-refractivity contribution in [3.63, 3.8) is 0 Å². The van der Waals surface area contributed by atoms with Crippen LogP contribution in [0.4, 0.5) is 0 Å². The van der Waals surface area contributed by atoms with Crippen LogP contribution in [0.3, 0.4) is 0 Å². The van der Waals surface area contributed by atoms with Gasteiger partial charge in [-0.1, -0.05) is 96.5 Å². The molecule has 0 aromatic rings. The van der Waals surface area contributed by atoms with Crippen molar-refractivity contribution in [2.24, 2.45) is 0 Å². The minimum absolute atomic E-state index is 0.0443. The predicted molar refractivity (Wildman–Crippen MR) is 96.6 cm³/mol. The molecule has 0 aromatic carbocycles. The Balaban J connectivity index is 3.02. The quantitative estimate of drug-likeness (QED) is 0.263. The zero-order chi connectivity index (χ0) is 16.3. The summed E-state index contributed by atoms with van der Waals surface area (Å²) in [4.78, 5) is 10.6. The van der Waals surface area contributed by atoms with Crippen molar-refractivity contribution >= 4 is 5.91 Å². The average Bonchev–Trinajstić information content (AvgIpc) is 2.50. The molecule has 0 saturated carbocycles. The number of unbranched alkanes of at least 4 members (excludes halogenated alkanes) is 14. The number of carbonyl (C=O) groups is 1. The summed E-state index contributed by atoms with van der Waals surface area (Å²) in [5, 5.41) is 2.55. The molecule has 0 bridgehead atoms. The van der Waals surface area contributed by atoms with Crippen LogP contribution < -0.4 is 5.32 Å². The lowest BCUT2D eigenvalue weighted by atomic mass is 10.0. The van der Waals surface area contributed by atoms with E-state index in [4.69, 9.17) is 0 Å². The van der Waals surface area contributed by atoms with Gasteiger partial charge in [-0.25, -0.2) is 0 Å². The zero-order valence-electron chi connectivity index (χ0n) is 15.1. The molecule has 0 fully saturated rings. The molecule has 1 N–H and O–H groups in total. The van der Waals surface area contributed by atoms with E-state index in [1.165, 1.54) is 96.8 Å². The smallest absolute Gasteiger partial charge is 0.221 e. The van der Waals surface area contributed by atoms with E-state index in [1.807, 2.05) is 6.08 Å². The van der Waals surface area contributed by atoms with Crippen molar-refractivity contribution in [1.29, 1.82) is 0 Å². The van der Waals surface area contributed by atoms with Crippen LogP contribution in [0.15, 0.2) is 6.08 Å². The molecule has 1 amide bonds. The Morgan fingerprint density at radius 1 is 0.773 bits per heavy atom. The Morgan fingerprint density at radius 2 is 1.18 bits per heavy atom. The van der Waals surface area contributed by atoms with Crippen LogP contribution in [0.2, 0.25) is 0 Å². The third-order valence-electron chi connectivity index (χ3n) is 4.05. The highest BCUT2D eigenvalue weighted by Crippen LogP contribution is 2.13. The fraction of sp³-hybridized carbons (Fsp3) is 0.850. The highest BCUT2D eigenvalue weighted by atomic mass is 16.1. The molecular formula is C20H38NO. The molecule has 22 heavy (non-hydrogen) atoms. The summed E-state index contributed by atoms with van der Waals surface area (Å²) in [6.07, 6.45) is 25.3. The van der Waals surface area contributed by atoms with Gasteiger partial charge in [0.2, 0.25) is 5.91 Å². The first-order valence-corrected chi connectivity index (χ1v) is 9.61. The van der Waals surface area contributed by atoms with Gasteiger partial charge in [-0.15, -0.1) is 0 Å². The summed E-state index contributed by atoms with van der Waals surface area (Å²) in [5.41, 5.74) is 0. The van der Waals surface area contributed by atoms with Crippen LogP contribution >= 0.6 is 0 Å². The summed E-state index contributed by atoms with van der Waals surface area (Å²) < 4.78 is 0. The van der Waals surface area contributed by atoms with E-state index in [0.717, 1.165) is 6.42 Å². The Labute approximate surface area is 139 Å². The first-order chi connectivity index (χ1) is 10.8. The van der Waals surface area contributed by atoms with Crippen molar-refractivity contribution in [2.75, 3.05) is 0 Å². The third-order valence-corrected chi connectivity index (χ3v) is 4.05. The fourth-order valence-electron chi connectivity index (χ4n) is 2.67. The largest absolute Gasteiger partial charge is 0.325 e. The molecule has 0 aliphatic carbocycles. The first kappa shape index (κ1) is 21.2. The van der Waals surface area contributed by atoms with Gasteiger partial charge in [0.15, 0.2) is 0 Å². The molecule has 2 nitrogen and oxygen atoms in total. The minimum atomic E-state index is -0.0443. The average molecular weight is 309 g/mol. The Bertz CT molecular complexity index is 260. The third kappa shape index (κ3) is 19.2. The Hall–Kier alpha value is -0.790. The maximum Gasteiger partial charge on any atom is 0.221 e. The van der Waals surface area contributed by atoms with Crippen LogP contribution in [-0.4, -0.2) is 5.91 Å². The highest BCUT2D eigenvalue weighted by molar-refractivity contribution is 5.73. The van der Waals surface area contributed by atoms with Crippen molar-refractivity contribution < 1.29 is 4.79 Å². The lowest BCUT2D eigenvalue weighted by molar-refractivity contribution is -0.118. The van der Waals surface area contributed by atoms with Gasteiger partial charge in [0.25, 0.3) is 0 Å². The van der Waals surface area contributed by atoms with Crippen LogP contribution in [-0.2, 0) is 4.79 Å². The lowest BCUT2D eigenvalue weighted by Crippen LogP contribution is -2.11. The van der Waals surface area contributed by atoms with Gasteiger partial charge in [0.1, 0.15) is 0 Å². The first-order valence-electron chi connectivity index (χ1n) is 9.61. The summed E-state index contributed by atoms with van der Waals surface area (Å²) >= 11 is 0. The van der Waals surface area contributed by atoms with Gasteiger partial charge in [0.05, 0.1) is 6.20 Å². The van der Waals surface area contributed by atoms with Gasteiger partial charge in [-0.3, -0.25) is 4.79 Å². The predicted octanol–water partition coefficient (Wildman–Crippen LogP) is 6.31. The van der Waals surface area contributed by atoms with Crippen LogP contribution in [0.25, 0.3) is 0 Å². The maximum absolute atomic E-state index is 10.6. The second-order valence-electron chi connectivity index (χ2n) is 6.41. The van der Waals surface area contributed by atoms with Gasteiger partial charge in [-0.2, -0.15) is 0 Å². The van der Waals surface area contributed by atoms with E-state index in [2.05, 4.69) is 18.4 Å². The number of carbonyl (C=O) groups excluding carboxylic acids is 1. The highest BCUT2D eigenvalue weighted by Gasteiger charge is 1.93. The van der Waals surface area contributed by atoms with Gasteiger partial charge in [0, 0.05) is 6.92 Å². The second kappa shape index (κ2) is 18.3. The van der Waals surface area contributed by atoms with E-state index in [9.17, 15) is 4.79 Å². The Kier molecular flexibility index (Phi) is 17.6. The molecule has 0 heterocycles. The van der Waals surface area contributed by atoms with Crippen molar-refractivity contribution in [1.82, 2.24) is 5.32 Å². The zero-order valence-corrected chi connectivity index (χ0v) is 15.1. The Morgan fingerprint density at radius 3 is 1.59 bits per heavy atom. The maximum atomic E-state index is 10.6. The molecule has 0 spiro atoms. The summed E-state index contributed by atoms with van der Waals surface area (Å²) in [6.45, 7) is 3.79. The second-order valence-corrected chi connectivity index (χ2v) is 6.41. The summed E-state index contributed by atoms with van der Waals surface area (Å²) in [5.74, 6) is -0.0443. The molecule has 0 aromatic heterocycles. The lowest BCUT2D eigenvalue weighted by Gasteiger charge is -2.02. The van der Waals surface area contributed by atoms with E-state index >= 15 is 0 Å².